The van der Waals surface area contributed by atoms with Gasteiger partial charge < -0.3 is 15.2 Å². The Kier molecular flexibility index (Phi) is 5.35. The minimum atomic E-state index is -0.354. The molecule has 2 N–H and O–H groups in total. The van der Waals surface area contributed by atoms with Gasteiger partial charge in [-0.05, 0) is 23.8 Å². The number of hydrogen-bond acceptors (Lipinski definition) is 8. The number of pyridine rings is 1. The number of anilines is 1. The topological polar surface area (TPSA) is 96.7 Å². The number of carbonyl (C=O) groups is 1. The number of rotatable bonds is 6. The molecule has 3 aromatic rings. The van der Waals surface area contributed by atoms with Crippen molar-refractivity contribution in [2.24, 2.45) is 4.99 Å². The number of esters is 1. The first-order valence-electron chi connectivity index (χ1n) is 8.96. The van der Waals surface area contributed by atoms with Gasteiger partial charge in [-0.15, -0.1) is 0 Å². The Hall–Kier alpha value is -3.52. The zero-order valence-electron chi connectivity index (χ0n) is 15.6. The molecule has 7 nitrogen and oxygen atoms in total. The predicted octanol–water partition coefficient (Wildman–Crippen LogP) is 4.22. The molecule has 2 aromatic heterocycles. The van der Waals surface area contributed by atoms with E-state index in [-0.39, 0.29) is 24.5 Å². The molecular formula is C21H18N4O3S. The summed E-state index contributed by atoms with van der Waals surface area (Å²) in [7, 11) is 0. The first-order valence-corrected chi connectivity index (χ1v) is 9.77. The lowest BCUT2D eigenvalue weighted by atomic mass is 10.1. The zero-order valence-corrected chi connectivity index (χ0v) is 16.4. The maximum atomic E-state index is 11.3. The number of ether oxygens (including phenoxy) is 1. The summed E-state index contributed by atoms with van der Waals surface area (Å²) in [5.74, 6) is 0.231. The average molecular weight is 406 g/mol. The molecular weight excluding hydrogens is 388 g/mol. The molecule has 1 aliphatic rings. The lowest BCUT2D eigenvalue weighted by molar-refractivity contribution is -0.141. The molecule has 0 aliphatic carbocycles. The van der Waals surface area contributed by atoms with E-state index in [1.165, 1.54) is 18.3 Å². The van der Waals surface area contributed by atoms with Crippen LogP contribution in [-0.2, 0) is 9.53 Å². The van der Waals surface area contributed by atoms with Crippen molar-refractivity contribution in [3.63, 3.8) is 0 Å². The highest BCUT2D eigenvalue weighted by Gasteiger charge is 2.18. The van der Waals surface area contributed by atoms with E-state index in [1.807, 2.05) is 48.5 Å². The van der Waals surface area contributed by atoms with E-state index in [0.717, 1.165) is 16.7 Å². The van der Waals surface area contributed by atoms with Crippen LogP contribution in [0.25, 0.3) is 11.6 Å². The van der Waals surface area contributed by atoms with E-state index in [4.69, 9.17) is 4.74 Å². The average Bonchev–Trinajstić information content (AvgIpc) is 3.29. The number of fused-ring (bicyclic) bond motifs is 1. The summed E-state index contributed by atoms with van der Waals surface area (Å²) in [4.78, 5) is 24.6. The second-order valence-corrected chi connectivity index (χ2v) is 7.38. The smallest absolute Gasteiger partial charge is 0.302 e. The van der Waals surface area contributed by atoms with Gasteiger partial charge in [0.1, 0.15) is 6.61 Å². The van der Waals surface area contributed by atoms with Gasteiger partial charge in [0.25, 0.3) is 0 Å². The highest BCUT2D eigenvalue weighted by Crippen LogP contribution is 2.36. The van der Waals surface area contributed by atoms with Crippen molar-refractivity contribution in [3.8, 4) is 5.88 Å². The largest absolute Gasteiger partial charge is 0.492 e. The Morgan fingerprint density at radius 2 is 2.10 bits per heavy atom. The predicted molar refractivity (Wildman–Crippen MR) is 113 cm³/mol. The number of aromatic nitrogens is 2. The van der Waals surface area contributed by atoms with Gasteiger partial charge in [0.2, 0.25) is 5.88 Å². The highest BCUT2D eigenvalue weighted by molar-refractivity contribution is 7.16. The minimum Gasteiger partial charge on any atom is -0.492 e. The van der Waals surface area contributed by atoms with Crippen LogP contribution in [0.5, 0.6) is 5.88 Å². The Morgan fingerprint density at radius 3 is 2.90 bits per heavy atom. The van der Waals surface area contributed by atoms with Crippen LogP contribution >= 0.6 is 11.3 Å². The third kappa shape index (κ3) is 4.33. The van der Waals surface area contributed by atoms with Gasteiger partial charge in [0.15, 0.2) is 10.9 Å². The number of aromatic hydroxyl groups is 1. The molecule has 1 aliphatic heterocycles. The van der Waals surface area contributed by atoms with Crippen molar-refractivity contribution in [1.29, 1.82) is 0 Å². The van der Waals surface area contributed by atoms with E-state index < -0.39 is 0 Å². The molecule has 0 unspecified atom stereocenters. The van der Waals surface area contributed by atoms with Gasteiger partial charge >= 0.3 is 5.97 Å². The fourth-order valence-corrected chi connectivity index (χ4v) is 3.78. The third-order valence-electron chi connectivity index (χ3n) is 4.30. The van der Waals surface area contributed by atoms with E-state index in [9.17, 15) is 9.90 Å². The second-order valence-electron chi connectivity index (χ2n) is 6.35. The molecule has 0 saturated heterocycles. The Labute approximate surface area is 171 Å². The third-order valence-corrected chi connectivity index (χ3v) is 5.22. The van der Waals surface area contributed by atoms with Gasteiger partial charge in [0.05, 0.1) is 10.9 Å². The van der Waals surface area contributed by atoms with Gasteiger partial charge in [-0.2, -0.15) is 4.98 Å². The fraction of sp³-hybridized carbons (Fsp3) is 0.143. The molecule has 4 rings (SSSR count). The quantitative estimate of drug-likeness (QED) is 0.595. The van der Waals surface area contributed by atoms with E-state index >= 15 is 0 Å². The molecule has 0 bridgehead atoms. The summed E-state index contributed by atoms with van der Waals surface area (Å²) >= 11 is 1.31. The molecule has 8 heteroatoms. The van der Waals surface area contributed by atoms with Crippen LogP contribution in [0, 0.1) is 0 Å². The minimum absolute atomic E-state index is 0.0740. The second kappa shape index (κ2) is 8.24. The van der Waals surface area contributed by atoms with Crippen LogP contribution < -0.4 is 5.32 Å². The summed E-state index contributed by atoms with van der Waals surface area (Å²) in [5, 5.41) is 14.1. The maximum absolute atomic E-state index is 11.3. The standard InChI is InChI=1S/C21H18N4O3S/c1-13(26)28-12-17(14-6-3-2-4-7-14)24-21-25-20(27)18(29-21)10-15-11-23-19-16(15)8-5-9-22-19/h2-11,17,27H,12H2,1H3,(H,24,25)/b15-10+/t17-/m0/s1. The first kappa shape index (κ1) is 18.8. The summed E-state index contributed by atoms with van der Waals surface area (Å²) in [6, 6.07) is 13.1. The van der Waals surface area contributed by atoms with Crippen molar-refractivity contribution in [2.45, 2.75) is 13.0 Å². The number of carbonyl (C=O) groups excluding carboxylic acids is 1. The van der Waals surface area contributed by atoms with E-state index in [1.54, 1.807) is 12.4 Å². The lowest BCUT2D eigenvalue weighted by Crippen LogP contribution is -2.18. The molecule has 29 heavy (non-hydrogen) atoms. The summed E-state index contributed by atoms with van der Waals surface area (Å²) in [5.41, 5.74) is 2.72. The monoisotopic (exact) mass is 406 g/mol. The maximum Gasteiger partial charge on any atom is 0.302 e. The highest BCUT2D eigenvalue weighted by atomic mass is 32.1. The number of aliphatic imine (C=N–C) groups is 1. The number of allylic oxidation sites excluding steroid dienone is 1. The zero-order chi connectivity index (χ0) is 20.2. The molecule has 146 valence electrons. The van der Waals surface area contributed by atoms with Gasteiger partial charge in [-0.25, -0.2) is 9.98 Å². The van der Waals surface area contributed by atoms with Crippen LogP contribution in [0.15, 0.2) is 53.7 Å². The van der Waals surface area contributed by atoms with Crippen molar-refractivity contribution >= 4 is 46.1 Å². The Balaban J connectivity index is 1.57. The molecule has 1 aromatic carbocycles. The molecule has 1 atom stereocenters. The van der Waals surface area contributed by atoms with Gasteiger partial charge in [-0.1, -0.05) is 41.7 Å². The van der Waals surface area contributed by atoms with Crippen molar-refractivity contribution < 1.29 is 14.6 Å². The van der Waals surface area contributed by atoms with Crippen LogP contribution in [0.4, 0.5) is 10.9 Å². The first-order chi connectivity index (χ1) is 14.1. The summed E-state index contributed by atoms with van der Waals surface area (Å²) < 4.78 is 5.19. The number of thiazole rings is 1. The molecule has 0 amide bonds. The summed E-state index contributed by atoms with van der Waals surface area (Å²) in [6.45, 7) is 1.53. The SMILES string of the molecule is CC(=O)OC[C@H](Nc1nc(O)c(/C=C2\C=Nc3ncccc32)s1)c1ccccc1. The summed E-state index contributed by atoms with van der Waals surface area (Å²) in [6.07, 6.45) is 5.24. The Morgan fingerprint density at radius 1 is 1.28 bits per heavy atom. The molecule has 0 spiro atoms. The Bertz CT molecular complexity index is 1090. The molecule has 0 saturated carbocycles. The van der Waals surface area contributed by atoms with Crippen molar-refractivity contribution in [2.75, 3.05) is 11.9 Å². The molecule has 3 heterocycles. The number of nitrogens with one attached hydrogen (secondary N) is 1. The van der Waals surface area contributed by atoms with Crippen LogP contribution in [0.3, 0.4) is 0 Å². The van der Waals surface area contributed by atoms with Gasteiger partial charge in [0, 0.05) is 30.5 Å². The van der Waals surface area contributed by atoms with Crippen molar-refractivity contribution in [1.82, 2.24) is 9.97 Å². The van der Waals surface area contributed by atoms with Crippen LogP contribution in [0.1, 0.15) is 29.0 Å². The number of benzene rings is 1. The lowest BCUT2D eigenvalue weighted by Gasteiger charge is -2.18. The van der Waals surface area contributed by atoms with E-state index in [2.05, 4.69) is 20.3 Å². The van der Waals surface area contributed by atoms with Gasteiger partial charge in [-0.3, -0.25) is 4.79 Å². The van der Waals surface area contributed by atoms with Crippen LogP contribution in [-0.4, -0.2) is 33.9 Å². The van der Waals surface area contributed by atoms with Crippen LogP contribution in [0.2, 0.25) is 0 Å². The molecule has 0 radical (unpaired) electrons. The number of nitrogens with zero attached hydrogens (tertiary/aromatic N) is 3. The number of hydrogen-bond donors (Lipinski definition) is 2. The molecule has 0 fully saturated rings. The van der Waals surface area contributed by atoms with E-state index in [0.29, 0.717) is 15.8 Å². The fourth-order valence-electron chi connectivity index (χ4n) is 2.92. The van der Waals surface area contributed by atoms with Crippen molar-refractivity contribution in [3.05, 3.63) is 64.7 Å². The normalized spacial score (nSPS) is 14.6.